The molecule has 9 heteroatoms. The molecule has 0 saturated carbocycles. The zero-order valence-corrected chi connectivity index (χ0v) is 21.4. The van der Waals surface area contributed by atoms with E-state index in [9.17, 15) is 8.42 Å². The van der Waals surface area contributed by atoms with Crippen LogP contribution in [0.4, 0.5) is 0 Å². The molecule has 1 atom stereocenters. The standard InChI is InChI=1S/C21H34N4O3S.HI/c1-4-22-21(23-15-17-9-13-25(14-10-17)29(3,26)27)24-12-11-19(16-24)18-5-7-20(28-2)8-6-18;/h5-8,17,19H,4,9-16H2,1-3H3,(H,22,23);1H. The molecule has 0 bridgehead atoms. The summed E-state index contributed by atoms with van der Waals surface area (Å²) in [4.78, 5) is 7.26. The molecule has 2 fully saturated rings. The van der Waals surface area contributed by atoms with Gasteiger partial charge in [0.1, 0.15) is 5.75 Å². The van der Waals surface area contributed by atoms with E-state index in [4.69, 9.17) is 9.73 Å². The molecule has 7 nitrogen and oxygen atoms in total. The Bertz CT molecular complexity index is 793. The fourth-order valence-corrected chi connectivity index (χ4v) is 5.04. The van der Waals surface area contributed by atoms with Crippen LogP contribution in [0.3, 0.4) is 0 Å². The molecule has 2 aliphatic rings. The highest BCUT2D eigenvalue weighted by Crippen LogP contribution is 2.28. The second kappa shape index (κ2) is 11.5. The molecule has 2 aliphatic heterocycles. The lowest BCUT2D eigenvalue weighted by Gasteiger charge is -2.30. The van der Waals surface area contributed by atoms with Crippen LogP contribution in [0.25, 0.3) is 0 Å². The summed E-state index contributed by atoms with van der Waals surface area (Å²) >= 11 is 0. The van der Waals surface area contributed by atoms with Gasteiger partial charge in [0, 0.05) is 45.2 Å². The number of ether oxygens (including phenoxy) is 1. The Morgan fingerprint density at radius 3 is 2.40 bits per heavy atom. The van der Waals surface area contributed by atoms with E-state index >= 15 is 0 Å². The van der Waals surface area contributed by atoms with Crippen molar-refractivity contribution in [2.75, 3.05) is 52.6 Å². The maximum Gasteiger partial charge on any atom is 0.211 e. The van der Waals surface area contributed by atoms with E-state index in [1.165, 1.54) is 11.8 Å². The number of methoxy groups -OCH3 is 1. The zero-order valence-electron chi connectivity index (χ0n) is 18.2. The minimum atomic E-state index is -3.07. The first-order valence-electron chi connectivity index (χ1n) is 10.5. The largest absolute Gasteiger partial charge is 0.497 e. The highest BCUT2D eigenvalue weighted by molar-refractivity contribution is 14.0. The third-order valence-corrected chi connectivity index (χ3v) is 7.25. The van der Waals surface area contributed by atoms with Gasteiger partial charge >= 0.3 is 0 Å². The summed E-state index contributed by atoms with van der Waals surface area (Å²) in [6.45, 7) is 6.87. The summed E-state index contributed by atoms with van der Waals surface area (Å²) in [5.74, 6) is 2.82. The van der Waals surface area contributed by atoms with E-state index in [1.807, 2.05) is 12.1 Å². The van der Waals surface area contributed by atoms with E-state index in [0.717, 1.165) is 57.2 Å². The minimum absolute atomic E-state index is 0. The smallest absolute Gasteiger partial charge is 0.211 e. The number of nitrogens with zero attached hydrogens (tertiary/aromatic N) is 3. The highest BCUT2D eigenvalue weighted by Gasteiger charge is 2.27. The Labute approximate surface area is 198 Å². The van der Waals surface area contributed by atoms with Gasteiger partial charge < -0.3 is 15.0 Å². The Morgan fingerprint density at radius 2 is 1.83 bits per heavy atom. The van der Waals surface area contributed by atoms with Crippen LogP contribution in [-0.4, -0.2) is 76.2 Å². The molecule has 1 aromatic rings. The molecule has 2 heterocycles. The summed E-state index contributed by atoms with van der Waals surface area (Å²) in [7, 11) is -1.38. The Kier molecular flexibility index (Phi) is 9.67. The van der Waals surface area contributed by atoms with E-state index < -0.39 is 10.0 Å². The van der Waals surface area contributed by atoms with Crippen molar-refractivity contribution in [3.8, 4) is 5.75 Å². The maximum atomic E-state index is 11.7. The zero-order chi connectivity index (χ0) is 20.9. The van der Waals surface area contributed by atoms with Gasteiger partial charge in [-0.3, -0.25) is 4.99 Å². The third kappa shape index (κ3) is 6.71. The van der Waals surface area contributed by atoms with E-state index in [-0.39, 0.29) is 24.0 Å². The molecular formula is C21H35IN4O3S. The van der Waals surface area contributed by atoms with Crippen molar-refractivity contribution >= 4 is 40.0 Å². The number of nitrogens with one attached hydrogen (secondary N) is 1. The van der Waals surface area contributed by atoms with E-state index in [0.29, 0.717) is 24.9 Å². The number of aliphatic imine (C=N–C) groups is 1. The summed E-state index contributed by atoms with van der Waals surface area (Å²) in [5, 5.41) is 3.44. The molecule has 0 aromatic heterocycles. The van der Waals surface area contributed by atoms with Crippen LogP contribution in [-0.2, 0) is 10.0 Å². The molecule has 0 spiro atoms. The van der Waals surface area contributed by atoms with Crippen molar-refractivity contribution < 1.29 is 13.2 Å². The van der Waals surface area contributed by atoms with Gasteiger partial charge in [-0.05, 0) is 49.8 Å². The van der Waals surface area contributed by atoms with Crippen molar-refractivity contribution in [3.63, 3.8) is 0 Å². The lowest BCUT2D eigenvalue weighted by molar-refractivity contribution is 0.279. The number of guanidine groups is 1. The predicted octanol–water partition coefficient (Wildman–Crippen LogP) is 2.74. The van der Waals surface area contributed by atoms with Crippen LogP contribution in [0.15, 0.2) is 29.3 Å². The average Bonchev–Trinajstić information content (AvgIpc) is 3.21. The van der Waals surface area contributed by atoms with Gasteiger partial charge in [0.2, 0.25) is 10.0 Å². The number of hydrogen-bond acceptors (Lipinski definition) is 4. The van der Waals surface area contributed by atoms with Gasteiger partial charge in [-0.1, -0.05) is 12.1 Å². The van der Waals surface area contributed by atoms with Gasteiger partial charge in [0.05, 0.1) is 13.4 Å². The second-order valence-electron chi connectivity index (χ2n) is 8.00. The number of hydrogen-bond donors (Lipinski definition) is 1. The third-order valence-electron chi connectivity index (χ3n) is 5.95. The van der Waals surface area contributed by atoms with Gasteiger partial charge in [-0.15, -0.1) is 24.0 Å². The Morgan fingerprint density at radius 1 is 1.17 bits per heavy atom. The number of rotatable bonds is 6. The molecule has 3 rings (SSSR count). The monoisotopic (exact) mass is 550 g/mol. The first-order chi connectivity index (χ1) is 13.9. The molecule has 30 heavy (non-hydrogen) atoms. The summed E-state index contributed by atoms with van der Waals surface area (Å²) in [6, 6.07) is 8.37. The Balaban J connectivity index is 0.00000320. The van der Waals surface area contributed by atoms with Crippen LogP contribution >= 0.6 is 24.0 Å². The second-order valence-corrected chi connectivity index (χ2v) is 9.99. The van der Waals surface area contributed by atoms with Crippen LogP contribution in [0, 0.1) is 5.92 Å². The number of likely N-dealkylation sites (tertiary alicyclic amines) is 1. The number of sulfonamides is 1. The van der Waals surface area contributed by atoms with Gasteiger partial charge in [-0.25, -0.2) is 12.7 Å². The lowest BCUT2D eigenvalue weighted by atomic mass is 9.98. The SMILES string of the molecule is CCNC(=NCC1CCN(S(C)(=O)=O)CC1)N1CCC(c2ccc(OC)cc2)C1.I. The van der Waals surface area contributed by atoms with E-state index in [1.54, 1.807) is 11.4 Å². The number of piperidine rings is 1. The van der Waals surface area contributed by atoms with Crippen LogP contribution in [0.2, 0.25) is 0 Å². The van der Waals surface area contributed by atoms with Crippen LogP contribution in [0.5, 0.6) is 5.75 Å². The van der Waals surface area contributed by atoms with Crippen LogP contribution in [0.1, 0.15) is 37.7 Å². The van der Waals surface area contributed by atoms with Crippen molar-refractivity contribution in [2.24, 2.45) is 10.9 Å². The fourth-order valence-electron chi connectivity index (χ4n) is 4.17. The highest BCUT2D eigenvalue weighted by atomic mass is 127. The maximum absolute atomic E-state index is 11.7. The molecule has 2 saturated heterocycles. The minimum Gasteiger partial charge on any atom is -0.497 e. The molecule has 0 amide bonds. The summed E-state index contributed by atoms with van der Waals surface area (Å²) in [5.41, 5.74) is 1.34. The first kappa shape index (κ1) is 25.2. The van der Waals surface area contributed by atoms with Crippen molar-refractivity contribution in [3.05, 3.63) is 29.8 Å². The fraction of sp³-hybridized carbons (Fsp3) is 0.667. The molecule has 1 unspecified atom stereocenters. The molecule has 1 N–H and O–H groups in total. The van der Waals surface area contributed by atoms with E-state index in [2.05, 4.69) is 29.3 Å². The molecule has 170 valence electrons. The van der Waals surface area contributed by atoms with Crippen LogP contribution < -0.4 is 10.1 Å². The number of halogens is 1. The van der Waals surface area contributed by atoms with Gasteiger partial charge in [-0.2, -0.15) is 0 Å². The number of benzene rings is 1. The summed E-state index contributed by atoms with van der Waals surface area (Å²) < 4.78 is 30.2. The van der Waals surface area contributed by atoms with Gasteiger partial charge in [0.15, 0.2) is 5.96 Å². The molecule has 0 radical (unpaired) electrons. The van der Waals surface area contributed by atoms with Gasteiger partial charge in [0.25, 0.3) is 0 Å². The quantitative estimate of drug-likeness (QED) is 0.335. The first-order valence-corrected chi connectivity index (χ1v) is 12.4. The van der Waals surface area contributed by atoms with Crippen molar-refractivity contribution in [1.29, 1.82) is 0 Å². The topological polar surface area (TPSA) is 74.2 Å². The summed E-state index contributed by atoms with van der Waals surface area (Å²) in [6.07, 6.45) is 4.17. The average molecular weight is 551 g/mol. The molecular weight excluding hydrogens is 515 g/mol. The lowest BCUT2D eigenvalue weighted by Crippen LogP contribution is -2.41. The molecule has 1 aromatic carbocycles. The normalized spacial score (nSPS) is 21.4. The molecule has 0 aliphatic carbocycles. The Hall–Kier alpha value is -1.07. The predicted molar refractivity (Wildman–Crippen MR) is 132 cm³/mol. The van der Waals surface area contributed by atoms with Crippen molar-refractivity contribution in [2.45, 2.75) is 32.1 Å². The van der Waals surface area contributed by atoms with Crippen molar-refractivity contribution in [1.82, 2.24) is 14.5 Å².